The van der Waals surface area contributed by atoms with Gasteiger partial charge in [-0.3, -0.25) is 10.1 Å². The molecule has 0 radical (unpaired) electrons. The maximum atomic E-state index is 10.5. The molecule has 0 aliphatic rings. The minimum atomic E-state index is -0.530. The van der Waals surface area contributed by atoms with Gasteiger partial charge in [-0.05, 0) is 6.07 Å². The van der Waals surface area contributed by atoms with Crippen LogP contribution in [0.3, 0.4) is 0 Å². The Morgan fingerprint density at radius 1 is 1.54 bits per heavy atom. The Hall–Kier alpha value is -2.15. The molecule has 0 saturated carbocycles. The fraction of sp³-hybridized carbons (Fsp3) is 0. The van der Waals surface area contributed by atoms with Gasteiger partial charge in [0, 0.05) is 6.07 Å². The summed E-state index contributed by atoms with van der Waals surface area (Å²) >= 11 is 0. The van der Waals surface area contributed by atoms with Crippen LogP contribution in [0.2, 0.25) is 0 Å². The maximum absolute atomic E-state index is 10.5. The zero-order valence-electron chi connectivity index (χ0n) is 6.73. The van der Waals surface area contributed by atoms with Crippen molar-refractivity contribution in [2.75, 3.05) is 0 Å². The number of rotatable bonds is 2. The molecule has 0 aromatic heterocycles. The number of hydrogen-bond acceptors (Lipinski definition) is 3. The van der Waals surface area contributed by atoms with E-state index < -0.39 is 4.92 Å². The Morgan fingerprint density at radius 2 is 2.15 bits per heavy atom. The van der Waals surface area contributed by atoms with E-state index >= 15 is 0 Å². The first kappa shape index (κ1) is 8.94. The summed E-state index contributed by atoms with van der Waals surface area (Å²) in [7, 11) is 0. The largest absolute Gasteiger partial charge is 0.277 e. The van der Waals surface area contributed by atoms with Gasteiger partial charge in [0.15, 0.2) is 0 Å². The van der Waals surface area contributed by atoms with Crippen LogP contribution in [-0.2, 0) is 0 Å². The fourth-order valence-corrected chi connectivity index (χ4v) is 0.948. The Balaban J connectivity index is 3.29. The summed E-state index contributed by atoms with van der Waals surface area (Å²) in [4.78, 5) is 9.97. The van der Waals surface area contributed by atoms with E-state index in [1.165, 1.54) is 12.1 Å². The molecule has 0 unspecified atom stereocenters. The molecule has 0 amide bonds. The monoisotopic (exact) mass is 174 g/mol. The summed E-state index contributed by atoms with van der Waals surface area (Å²) in [5, 5.41) is 19.0. The molecule has 0 bridgehead atoms. The van der Waals surface area contributed by atoms with Crippen LogP contribution in [0.5, 0.6) is 0 Å². The highest BCUT2D eigenvalue weighted by molar-refractivity contribution is 5.79. The van der Waals surface area contributed by atoms with Crippen LogP contribution < -0.4 is 0 Å². The summed E-state index contributed by atoms with van der Waals surface area (Å²) in [5.74, 6) is 0. The summed E-state index contributed by atoms with van der Waals surface area (Å²) in [5.41, 5.74) is 0.288. The van der Waals surface area contributed by atoms with E-state index in [4.69, 9.17) is 5.26 Å². The summed E-state index contributed by atoms with van der Waals surface area (Å²) in [6, 6.07) is 7.80. The Kier molecular flexibility index (Phi) is 2.41. The predicted octanol–water partition coefficient (Wildman–Crippen LogP) is 2.13. The van der Waals surface area contributed by atoms with Gasteiger partial charge in [-0.15, -0.1) is 0 Å². The van der Waals surface area contributed by atoms with Crippen molar-refractivity contribution < 1.29 is 4.92 Å². The van der Waals surface area contributed by atoms with Gasteiger partial charge in [-0.1, -0.05) is 18.7 Å². The lowest BCUT2D eigenvalue weighted by Crippen LogP contribution is -1.92. The lowest BCUT2D eigenvalue weighted by molar-refractivity contribution is -0.385. The molecule has 4 nitrogen and oxygen atoms in total. The molecular weight excluding hydrogens is 168 g/mol. The van der Waals surface area contributed by atoms with Crippen LogP contribution in [0, 0.1) is 21.4 Å². The van der Waals surface area contributed by atoms with Gasteiger partial charge in [0.05, 0.1) is 22.1 Å². The highest BCUT2D eigenvalue weighted by atomic mass is 16.6. The Morgan fingerprint density at radius 3 is 2.69 bits per heavy atom. The highest BCUT2D eigenvalue weighted by Crippen LogP contribution is 2.23. The minimum Gasteiger partial charge on any atom is -0.258 e. The van der Waals surface area contributed by atoms with E-state index in [1.807, 2.05) is 0 Å². The van der Waals surface area contributed by atoms with Gasteiger partial charge in [0.2, 0.25) is 0 Å². The van der Waals surface area contributed by atoms with Crippen molar-refractivity contribution in [2.45, 2.75) is 0 Å². The summed E-state index contributed by atoms with van der Waals surface area (Å²) < 4.78 is 0. The van der Waals surface area contributed by atoms with Crippen LogP contribution in [0.15, 0.2) is 30.8 Å². The molecule has 0 atom stereocenters. The summed E-state index contributed by atoms with van der Waals surface area (Å²) in [6.07, 6.45) is 0. The number of nitro benzene ring substituents is 1. The molecule has 0 heterocycles. The Labute approximate surface area is 74.9 Å². The van der Waals surface area contributed by atoms with E-state index in [9.17, 15) is 10.1 Å². The van der Waals surface area contributed by atoms with Gasteiger partial charge in [0.1, 0.15) is 0 Å². The van der Waals surface area contributed by atoms with Gasteiger partial charge in [-0.2, -0.15) is 5.26 Å². The second-order valence-corrected chi connectivity index (χ2v) is 2.36. The smallest absolute Gasteiger partial charge is 0.258 e. The fourth-order valence-electron chi connectivity index (χ4n) is 0.948. The number of nitro groups is 1. The van der Waals surface area contributed by atoms with Crippen LogP contribution in [-0.4, -0.2) is 4.92 Å². The molecular formula is C9H6N2O2. The third-order valence-electron chi connectivity index (χ3n) is 1.56. The first-order chi connectivity index (χ1) is 6.16. The number of para-hydroxylation sites is 1. The van der Waals surface area contributed by atoms with Crippen molar-refractivity contribution >= 4 is 11.3 Å². The SMILES string of the molecule is C=C(C#N)c1ccccc1[N+](=O)[O-]. The third kappa shape index (κ3) is 1.71. The van der Waals surface area contributed by atoms with Crippen molar-refractivity contribution in [3.05, 3.63) is 46.5 Å². The van der Waals surface area contributed by atoms with E-state index in [2.05, 4.69) is 6.58 Å². The van der Waals surface area contributed by atoms with Gasteiger partial charge >= 0.3 is 0 Å². The van der Waals surface area contributed by atoms with Crippen molar-refractivity contribution in [2.24, 2.45) is 0 Å². The van der Waals surface area contributed by atoms with Crippen molar-refractivity contribution in [3.63, 3.8) is 0 Å². The number of nitrogens with zero attached hydrogens (tertiary/aromatic N) is 2. The molecule has 1 aromatic carbocycles. The number of allylic oxidation sites excluding steroid dienone is 1. The topological polar surface area (TPSA) is 66.9 Å². The molecule has 0 saturated heterocycles. The Bertz CT molecular complexity index is 404. The quantitative estimate of drug-likeness (QED) is 0.392. The van der Waals surface area contributed by atoms with E-state index in [0.29, 0.717) is 0 Å². The molecule has 0 aliphatic carbocycles. The first-order valence-corrected chi connectivity index (χ1v) is 3.49. The second kappa shape index (κ2) is 3.50. The second-order valence-electron chi connectivity index (χ2n) is 2.36. The normalized spacial score (nSPS) is 8.85. The maximum Gasteiger partial charge on any atom is 0.277 e. The number of nitriles is 1. The van der Waals surface area contributed by atoms with Crippen LogP contribution in [0.1, 0.15) is 5.56 Å². The third-order valence-corrected chi connectivity index (χ3v) is 1.56. The average Bonchev–Trinajstić information content (AvgIpc) is 2.16. The molecule has 0 aliphatic heterocycles. The van der Waals surface area contributed by atoms with Crippen LogP contribution >= 0.6 is 0 Å². The minimum absolute atomic E-state index is 0.0888. The van der Waals surface area contributed by atoms with Gasteiger partial charge < -0.3 is 0 Å². The zero-order chi connectivity index (χ0) is 9.84. The van der Waals surface area contributed by atoms with E-state index in [-0.39, 0.29) is 16.8 Å². The molecule has 0 N–H and O–H groups in total. The zero-order valence-corrected chi connectivity index (χ0v) is 6.73. The standard InChI is InChI=1S/C9H6N2O2/c1-7(6-10)8-4-2-3-5-9(8)11(12)13/h2-5H,1H2. The van der Waals surface area contributed by atoms with E-state index in [1.54, 1.807) is 18.2 Å². The molecule has 1 rings (SSSR count). The van der Waals surface area contributed by atoms with Crippen molar-refractivity contribution in [1.29, 1.82) is 5.26 Å². The number of benzene rings is 1. The van der Waals surface area contributed by atoms with Crippen molar-refractivity contribution in [3.8, 4) is 6.07 Å². The molecule has 1 aromatic rings. The molecule has 0 spiro atoms. The molecule has 13 heavy (non-hydrogen) atoms. The predicted molar refractivity (Wildman–Crippen MR) is 47.7 cm³/mol. The average molecular weight is 174 g/mol. The molecule has 64 valence electrons. The lowest BCUT2D eigenvalue weighted by atomic mass is 10.1. The first-order valence-electron chi connectivity index (χ1n) is 3.49. The molecule has 4 heteroatoms. The number of hydrogen-bond donors (Lipinski definition) is 0. The summed E-state index contributed by atoms with van der Waals surface area (Å²) in [6.45, 7) is 3.42. The van der Waals surface area contributed by atoms with E-state index in [0.717, 1.165) is 0 Å². The molecule has 0 fully saturated rings. The van der Waals surface area contributed by atoms with Gasteiger partial charge in [0.25, 0.3) is 5.69 Å². The van der Waals surface area contributed by atoms with Crippen LogP contribution in [0.4, 0.5) is 5.69 Å². The lowest BCUT2D eigenvalue weighted by Gasteiger charge is -1.97. The van der Waals surface area contributed by atoms with Crippen molar-refractivity contribution in [1.82, 2.24) is 0 Å². The highest BCUT2D eigenvalue weighted by Gasteiger charge is 2.13. The van der Waals surface area contributed by atoms with Crippen LogP contribution in [0.25, 0.3) is 5.57 Å². The van der Waals surface area contributed by atoms with Gasteiger partial charge in [-0.25, -0.2) is 0 Å².